The summed E-state index contributed by atoms with van der Waals surface area (Å²) in [5.74, 6) is 1.99. The molecule has 0 bridgehead atoms. The monoisotopic (exact) mass is 1500 g/mol. The smallest absolute Gasteiger partial charge is 0.268 e. The van der Waals surface area contributed by atoms with Gasteiger partial charge in [-0.15, -0.1) is 47.8 Å². The van der Waals surface area contributed by atoms with Crippen molar-refractivity contribution in [3.63, 3.8) is 0 Å². The fraction of sp³-hybridized carbons (Fsp3) is 0.351. The van der Waals surface area contributed by atoms with Gasteiger partial charge in [0.25, 0.3) is 12.7 Å². The predicted octanol–water partition coefficient (Wildman–Crippen LogP) is 16.7. The molecule has 0 N–H and O–H groups in total. The van der Waals surface area contributed by atoms with Gasteiger partial charge in [-0.05, 0) is 177 Å². The summed E-state index contributed by atoms with van der Waals surface area (Å²) in [6.07, 6.45) is 18.0. The quantitative estimate of drug-likeness (QED) is 0.0949. The second-order valence-corrected chi connectivity index (χ2v) is 27.7. The van der Waals surface area contributed by atoms with Crippen molar-refractivity contribution in [3.05, 3.63) is 194 Å². The number of aromatic nitrogens is 6. The molecular formula is C74H78N8O2Pt2-4. The first-order chi connectivity index (χ1) is 39.8. The zero-order chi connectivity index (χ0) is 59.1. The predicted molar refractivity (Wildman–Crippen MR) is 337 cm³/mol. The first kappa shape index (κ1) is 62.2. The summed E-state index contributed by atoms with van der Waals surface area (Å²) in [7, 11) is 0. The molecule has 6 aromatic carbocycles. The van der Waals surface area contributed by atoms with Gasteiger partial charge in [-0.2, -0.15) is 35.4 Å². The van der Waals surface area contributed by atoms with Crippen molar-refractivity contribution in [2.75, 3.05) is 9.80 Å². The van der Waals surface area contributed by atoms with Crippen LogP contribution in [0.4, 0.5) is 11.4 Å². The molecule has 0 saturated carbocycles. The molecule has 0 aliphatic carbocycles. The number of anilines is 2. The number of hydrogen-bond donors (Lipinski definition) is 0. The summed E-state index contributed by atoms with van der Waals surface area (Å²) in [5, 5.41) is 0. The van der Waals surface area contributed by atoms with Crippen LogP contribution in [0.2, 0.25) is 0 Å². The topological polar surface area (TPSA) is 68.3 Å². The molecule has 12 rings (SSSR count). The van der Waals surface area contributed by atoms with E-state index in [1.807, 2.05) is 0 Å². The van der Waals surface area contributed by atoms with Gasteiger partial charge >= 0.3 is 0 Å². The molecule has 4 aromatic heterocycles. The standard InChI is InChI=1S/C74H78N8O2.2Pt/c1-69(2,3)51-41-57(79-49-77(65-21-15-17-23-67(65)79)53-25-29-55(30-26-53)81-71(7,8)35-19-36-72(81,9)10)45-61(43-51)83-59-33-39-75-63(47-59)64-48-60(34-40-76-64)84-62-44-52(70(4,5)6)42-58(46-62)80-50-78(66-22-16-18-24-68(66)80)54-27-31-56(32-28-54)82-73(11,12)37-20-38-74(82,13)14;;/h15-18,21-34,39-44H,19-20,35-38H2,1-14H3;;/q-4;;. The van der Waals surface area contributed by atoms with Crippen molar-refractivity contribution in [2.24, 2.45) is 0 Å². The first-order valence-electron chi connectivity index (χ1n) is 29.8. The van der Waals surface area contributed by atoms with Crippen molar-refractivity contribution in [1.82, 2.24) is 19.1 Å². The summed E-state index contributed by atoms with van der Waals surface area (Å²) >= 11 is 0. The Labute approximate surface area is 538 Å². The van der Waals surface area contributed by atoms with Crippen LogP contribution in [0.1, 0.15) is 147 Å². The zero-order valence-corrected chi connectivity index (χ0v) is 56.7. The van der Waals surface area contributed by atoms with Crippen LogP contribution in [0.3, 0.4) is 0 Å². The molecule has 6 heterocycles. The van der Waals surface area contributed by atoms with Crippen LogP contribution in [-0.2, 0) is 53.0 Å². The maximum Gasteiger partial charge on any atom is 0.268 e. The van der Waals surface area contributed by atoms with E-state index in [1.165, 1.54) is 49.9 Å². The minimum Gasteiger partial charge on any atom is -0.511 e. The van der Waals surface area contributed by atoms with E-state index in [0.29, 0.717) is 34.4 Å². The number of ether oxygens (including phenoxy) is 2. The second kappa shape index (κ2) is 23.3. The van der Waals surface area contributed by atoms with Crippen molar-refractivity contribution in [3.8, 4) is 57.1 Å². The Morgan fingerprint density at radius 1 is 0.419 bits per heavy atom. The average Bonchev–Trinajstić information content (AvgIpc) is 1.52. The number of piperidine rings is 2. The van der Waals surface area contributed by atoms with Gasteiger partial charge in [-0.25, -0.2) is 0 Å². The molecule has 0 unspecified atom stereocenters. The van der Waals surface area contributed by atoms with Crippen LogP contribution >= 0.6 is 0 Å². The number of benzene rings is 6. The van der Waals surface area contributed by atoms with E-state index in [4.69, 9.17) is 19.4 Å². The maximum atomic E-state index is 6.70. The number of imidazole rings is 2. The largest absolute Gasteiger partial charge is 0.511 e. The Hall–Kier alpha value is -6.86. The minimum atomic E-state index is -0.213. The van der Waals surface area contributed by atoms with E-state index >= 15 is 0 Å². The minimum absolute atomic E-state index is 0. The van der Waals surface area contributed by atoms with Gasteiger partial charge in [0.1, 0.15) is 0 Å². The SMILES string of the molecule is CC(C)(C)c1cc(Oc2[c-]c(-c3[c-]c(Oc4[c-]c(-[n+]5[c-]n(-c6ccc(N7C(C)(C)CCCC7(C)C)cc6)c6ccccc65)cc(C(C)(C)C)c4)ccn3)ncc2)[c-]c(-[n+]2[c-]n(-c3ccc(N4C(C)(C)CCCC4(C)C)cc3)c3ccccc32)c1.[Pt].[Pt]. The summed E-state index contributed by atoms with van der Waals surface area (Å²) < 4.78 is 21.8. The Morgan fingerprint density at radius 3 is 1.10 bits per heavy atom. The van der Waals surface area contributed by atoms with Crippen LogP contribution in [-0.4, -0.2) is 41.3 Å². The van der Waals surface area contributed by atoms with Gasteiger partial charge in [-0.1, -0.05) is 90.1 Å². The number of fused-ring (bicyclic) bond motifs is 2. The van der Waals surface area contributed by atoms with Crippen LogP contribution < -0.4 is 28.4 Å². The summed E-state index contributed by atoms with van der Waals surface area (Å²) in [6, 6.07) is 60.8. The molecule has 10 aromatic rings. The van der Waals surface area contributed by atoms with Crippen LogP contribution in [0, 0.1) is 36.9 Å². The number of para-hydroxylation sites is 4. The number of hydrogen-bond acceptors (Lipinski definition) is 6. The Bertz CT molecular complexity index is 3790. The summed E-state index contributed by atoms with van der Waals surface area (Å²) in [6.45, 7) is 32.2. The van der Waals surface area contributed by atoms with Gasteiger partial charge in [0, 0.05) is 98.7 Å². The molecule has 2 fully saturated rings. The normalized spacial score (nSPS) is 16.3. The maximum absolute atomic E-state index is 6.70. The van der Waals surface area contributed by atoms with Gasteiger partial charge in [0.2, 0.25) is 0 Å². The van der Waals surface area contributed by atoms with Gasteiger partial charge in [-0.3, -0.25) is 9.13 Å². The molecule has 2 saturated heterocycles. The van der Waals surface area contributed by atoms with Crippen molar-refractivity contribution in [1.29, 1.82) is 0 Å². The first-order valence-corrected chi connectivity index (χ1v) is 29.8. The van der Waals surface area contributed by atoms with E-state index in [9.17, 15) is 0 Å². The molecule has 12 heteroatoms. The third-order valence-corrected chi connectivity index (χ3v) is 17.3. The zero-order valence-electron chi connectivity index (χ0n) is 52.1. The fourth-order valence-corrected chi connectivity index (χ4v) is 13.4. The molecule has 0 radical (unpaired) electrons. The molecule has 0 amide bonds. The van der Waals surface area contributed by atoms with E-state index in [2.05, 4.69) is 283 Å². The molecule has 2 aliphatic heterocycles. The Kier molecular flexibility index (Phi) is 16.9. The van der Waals surface area contributed by atoms with Gasteiger partial charge < -0.3 is 38.4 Å². The van der Waals surface area contributed by atoms with E-state index < -0.39 is 0 Å². The van der Waals surface area contributed by atoms with Gasteiger partial charge in [0.05, 0.1) is 33.4 Å². The number of rotatable bonds is 11. The number of nitrogens with zero attached hydrogens (tertiary/aromatic N) is 8. The fourth-order valence-electron chi connectivity index (χ4n) is 13.4. The molecular weight excluding hydrogens is 1420 g/mol. The Morgan fingerprint density at radius 2 is 0.756 bits per heavy atom. The molecule has 0 atom stereocenters. The molecule has 86 heavy (non-hydrogen) atoms. The van der Waals surface area contributed by atoms with Gasteiger partial charge in [0.15, 0.2) is 0 Å². The molecule has 450 valence electrons. The van der Waals surface area contributed by atoms with E-state index in [-0.39, 0.29) is 75.1 Å². The third kappa shape index (κ3) is 12.2. The average molecular weight is 1500 g/mol. The third-order valence-electron chi connectivity index (χ3n) is 17.3. The molecule has 2 aliphatic rings. The molecule has 0 spiro atoms. The molecule has 10 nitrogen and oxygen atoms in total. The van der Waals surface area contributed by atoms with Crippen LogP contribution in [0.5, 0.6) is 23.0 Å². The van der Waals surface area contributed by atoms with E-state index in [1.54, 1.807) is 24.5 Å². The second-order valence-electron chi connectivity index (χ2n) is 27.7. The summed E-state index contributed by atoms with van der Waals surface area (Å²) in [4.78, 5) is 14.6. The van der Waals surface area contributed by atoms with Crippen molar-refractivity contribution in [2.45, 2.75) is 168 Å². The summed E-state index contributed by atoms with van der Waals surface area (Å²) in [5.41, 5.74) is 13.1. The van der Waals surface area contributed by atoms with Crippen molar-refractivity contribution >= 4 is 33.4 Å². The van der Waals surface area contributed by atoms with Crippen LogP contribution in [0.15, 0.2) is 146 Å². The Balaban J connectivity index is 0.00000410. The number of pyridine rings is 2. The van der Waals surface area contributed by atoms with E-state index in [0.717, 1.165) is 55.9 Å². The van der Waals surface area contributed by atoms with Crippen LogP contribution in [0.25, 0.3) is 56.2 Å². The van der Waals surface area contributed by atoms with Crippen molar-refractivity contribution < 1.29 is 60.7 Å².